The number of halogens is 1. The zero-order valence-corrected chi connectivity index (χ0v) is 10.5. The first-order valence-electron chi connectivity index (χ1n) is 5.52. The van der Waals surface area contributed by atoms with Gasteiger partial charge >= 0.3 is 0 Å². The molecule has 3 rings (SSSR count). The van der Waals surface area contributed by atoms with Crippen LogP contribution in [0.3, 0.4) is 0 Å². The van der Waals surface area contributed by atoms with Crippen LogP contribution in [0.1, 0.15) is 12.1 Å². The van der Waals surface area contributed by atoms with Crippen LogP contribution in [0.5, 0.6) is 0 Å². The van der Waals surface area contributed by atoms with Crippen molar-refractivity contribution in [1.82, 2.24) is 9.38 Å². The molecule has 3 heterocycles. The predicted molar refractivity (Wildman–Crippen MR) is 69.3 cm³/mol. The maximum Gasteiger partial charge on any atom is 0.138 e. The number of nitrogens with zero attached hydrogens (tertiary/aromatic N) is 2. The summed E-state index contributed by atoms with van der Waals surface area (Å²) in [5, 5.41) is 0.751. The maximum absolute atomic E-state index is 5.94. The van der Waals surface area contributed by atoms with E-state index in [-0.39, 0.29) is 0 Å². The molecule has 84 valence electrons. The van der Waals surface area contributed by atoms with E-state index in [0.29, 0.717) is 0 Å². The van der Waals surface area contributed by atoms with E-state index in [1.807, 2.05) is 22.7 Å². The molecule has 1 saturated heterocycles. The summed E-state index contributed by atoms with van der Waals surface area (Å²) < 4.78 is 2.04. The molecule has 1 atom stereocenters. The molecule has 0 saturated carbocycles. The van der Waals surface area contributed by atoms with Gasteiger partial charge in [0.15, 0.2) is 0 Å². The van der Waals surface area contributed by atoms with E-state index in [4.69, 9.17) is 11.6 Å². The number of rotatable bonds is 2. The Hall–Kier alpha value is -0.670. The van der Waals surface area contributed by atoms with Crippen molar-refractivity contribution in [3.8, 4) is 0 Å². The first-order valence-corrected chi connectivity index (χ1v) is 7.05. The Kier molecular flexibility index (Phi) is 2.82. The molecule has 0 spiro atoms. The SMILES string of the molecule is Clc1ccn2cc(CC3CCSC3)nc2c1. The van der Waals surface area contributed by atoms with E-state index >= 15 is 0 Å². The summed E-state index contributed by atoms with van der Waals surface area (Å²) in [5.74, 6) is 3.41. The summed E-state index contributed by atoms with van der Waals surface area (Å²) in [7, 11) is 0. The molecular weight excluding hydrogens is 240 g/mol. The summed E-state index contributed by atoms with van der Waals surface area (Å²) in [4.78, 5) is 4.61. The summed E-state index contributed by atoms with van der Waals surface area (Å²) >= 11 is 8.00. The standard InChI is InChI=1S/C12H13ClN2S/c13-10-1-3-15-7-11(14-12(15)6-10)5-9-2-4-16-8-9/h1,3,6-7,9H,2,4-5,8H2. The Morgan fingerprint density at radius 2 is 2.50 bits per heavy atom. The highest BCUT2D eigenvalue weighted by Crippen LogP contribution is 2.26. The number of imidazole rings is 1. The van der Waals surface area contributed by atoms with Crippen LogP contribution in [0.4, 0.5) is 0 Å². The first kappa shape index (κ1) is 10.5. The molecule has 2 aromatic heterocycles. The fraction of sp³-hybridized carbons (Fsp3) is 0.417. The highest BCUT2D eigenvalue weighted by atomic mass is 35.5. The third-order valence-electron chi connectivity index (χ3n) is 2.99. The summed E-state index contributed by atoms with van der Waals surface area (Å²) in [5.41, 5.74) is 2.14. The highest BCUT2D eigenvalue weighted by Gasteiger charge is 2.17. The van der Waals surface area contributed by atoms with Gasteiger partial charge in [-0.3, -0.25) is 0 Å². The van der Waals surface area contributed by atoms with Crippen molar-refractivity contribution in [2.45, 2.75) is 12.8 Å². The van der Waals surface area contributed by atoms with E-state index in [1.54, 1.807) is 0 Å². The van der Waals surface area contributed by atoms with Gasteiger partial charge in [0, 0.05) is 17.4 Å². The fourth-order valence-electron chi connectivity index (χ4n) is 2.15. The van der Waals surface area contributed by atoms with Crippen molar-refractivity contribution in [3.63, 3.8) is 0 Å². The second-order valence-electron chi connectivity index (χ2n) is 4.28. The first-order chi connectivity index (χ1) is 7.81. The Bertz CT molecular complexity index is 503. The van der Waals surface area contributed by atoms with Crippen molar-refractivity contribution in [1.29, 1.82) is 0 Å². The molecule has 0 N–H and O–H groups in total. The van der Waals surface area contributed by atoms with E-state index in [0.717, 1.165) is 23.0 Å². The quantitative estimate of drug-likeness (QED) is 0.816. The third-order valence-corrected chi connectivity index (χ3v) is 4.46. The maximum atomic E-state index is 5.94. The monoisotopic (exact) mass is 252 g/mol. The molecule has 2 nitrogen and oxygen atoms in total. The lowest BCUT2D eigenvalue weighted by Crippen LogP contribution is -2.02. The molecule has 1 fully saturated rings. The molecule has 1 aliphatic heterocycles. The van der Waals surface area contributed by atoms with E-state index < -0.39 is 0 Å². The Morgan fingerprint density at radius 3 is 3.31 bits per heavy atom. The van der Waals surface area contributed by atoms with Gasteiger partial charge in [0.05, 0.1) is 5.69 Å². The molecule has 1 aliphatic rings. The largest absolute Gasteiger partial charge is 0.307 e. The Labute approximate surface area is 104 Å². The second kappa shape index (κ2) is 4.30. The lowest BCUT2D eigenvalue weighted by atomic mass is 10.0. The molecule has 16 heavy (non-hydrogen) atoms. The van der Waals surface area contributed by atoms with Gasteiger partial charge in [0.25, 0.3) is 0 Å². The van der Waals surface area contributed by atoms with Crippen molar-refractivity contribution in [2.75, 3.05) is 11.5 Å². The smallest absolute Gasteiger partial charge is 0.138 e. The van der Waals surface area contributed by atoms with Crippen LogP contribution in [0.15, 0.2) is 24.5 Å². The van der Waals surface area contributed by atoms with Crippen LogP contribution in [-0.4, -0.2) is 20.9 Å². The van der Waals surface area contributed by atoms with Crippen LogP contribution >= 0.6 is 23.4 Å². The van der Waals surface area contributed by atoms with E-state index in [2.05, 4.69) is 22.9 Å². The zero-order valence-electron chi connectivity index (χ0n) is 8.90. The molecule has 2 aromatic rings. The van der Waals surface area contributed by atoms with Crippen molar-refractivity contribution < 1.29 is 0 Å². The summed E-state index contributed by atoms with van der Waals surface area (Å²) in [6.07, 6.45) is 6.53. The number of hydrogen-bond acceptors (Lipinski definition) is 2. The lowest BCUT2D eigenvalue weighted by Gasteiger charge is -2.03. The fourth-order valence-corrected chi connectivity index (χ4v) is 3.59. The third kappa shape index (κ3) is 2.06. The molecule has 0 aliphatic carbocycles. The van der Waals surface area contributed by atoms with Crippen molar-refractivity contribution in [3.05, 3.63) is 35.2 Å². The Morgan fingerprint density at radius 1 is 1.56 bits per heavy atom. The van der Waals surface area contributed by atoms with E-state index in [9.17, 15) is 0 Å². The van der Waals surface area contributed by atoms with Gasteiger partial charge in [0.1, 0.15) is 5.65 Å². The van der Waals surface area contributed by atoms with Gasteiger partial charge in [-0.15, -0.1) is 0 Å². The number of aromatic nitrogens is 2. The van der Waals surface area contributed by atoms with Crippen LogP contribution in [-0.2, 0) is 6.42 Å². The van der Waals surface area contributed by atoms with Crippen LogP contribution in [0.25, 0.3) is 5.65 Å². The minimum absolute atomic E-state index is 0.751. The van der Waals surface area contributed by atoms with Gasteiger partial charge in [-0.25, -0.2) is 4.98 Å². The summed E-state index contributed by atoms with van der Waals surface area (Å²) in [6, 6.07) is 3.81. The normalized spacial score (nSPS) is 20.7. The van der Waals surface area contributed by atoms with Crippen molar-refractivity contribution in [2.24, 2.45) is 5.92 Å². The molecule has 0 radical (unpaired) electrons. The molecule has 0 amide bonds. The van der Waals surface area contributed by atoms with Gasteiger partial charge in [-0.05, 0) is 42.4 Å². The number of thioether (sulfide) groups is 1. The number of fused-ring (bicyclic) bond motifs is 1. The topological polar surface area (TPSA) is 17.3 Å². The zero-order chi connectivity index (χ0) is 11.0. The van der Waals surface area contributed by atoms with Crippen LogP contribution < -0.4 is 0 Å². The lowest BCUT2D eigenvalue weighted by molar-refractivity contribution is 0.589. The highest BCUT2D eigenvalue weighted by molar-refractivity contribution is 7.99. The van der Waals surface area contributed by atoms with Crippen LogP contribution in [0, 0.1) is 5.92 Å². The van der Waals surface area contributed by atoms with Gasteiger partial charge in [0.2, 0.25) is 0 Å². The Balaban J connectivity index is 1.86. The molecule has 0 aromatic carbocycles. The van der Waals surface area contributed by atoms with Gasteiger partial charge in [-0.1, -0.05) is 11.6 Å². The van der Waals surface area contributed by atoms with Crippen LogP contribution in [0.2, 0.25) is 5.02 Å². The van der Waals surface area contributed by atoms with Gasteiger partial charge in [-0.2, -0.15) is 11.8 Å². The minimum Gasteiger partial charge on any atom is -0.307 e. The molecule has 4 heteroatoms. The molecule has 0 bridgehead atoms. The van der Waals surface area contributed by atoms with Gasteiger partial charge < -0.3 is 4.40 Å². The number of hydrogen-bond donors (Lipinski definition) is 0. The minimum atomic E-state index is 0.751. The average molecular weight is 253 g/mol. The second-order valence-corrected chi connectivity index (χ2v) is 5.86. The van der Waals surface area contributed by atoms with E-state index in [1.165, 1.54) is 23.6 Å². The number of pyridine rings is 1. The predicted octanol–water partition coefficient (Wildman–Crippen LogP) is 3.28. The molecule has 1 unspecified atom stereocenters. The molecular formula is C12H13ClN2S. The average Bonchev–Trinajstić information content (AvgIpc) is 2.86. The van der Waals surface area contributed by atoms with Crippen molar-refractivity contribution >= 4 is 29.0 Å². The summed E-state index contributed by atoms with van der Waals surface area (Å²) in [6.45, 7) is 0.